The maximum absolute atomic E-state index is 12.8. The first-order valence-corrected chi connectivity index (χ1v) is 11.4. The number of ether oxygens (including phenoxy) is 1. The molecular formula is C20H28N2O5S. The van der Waals surface area contributed by atoms with Crippen LogP contribution in [0.15, 0.2) is 29.2 Å². The Morgan fingerprint density at radius 1 is 1.04 bits per heavy atom. The smallest absolute Gasteiger partial charge is 0.310 e. The average Bonchev–Trinajstić information content (AvgIpc) is 2.74. The molecule has 3 rings (SSSR count). The molecule has 0 aromatic heterocycles. The lowest BCUT2D eigenvalue weighted by Gasteiger charge is -2.31. The van der Waals surface area contributed by atoms with E-state index in [1.165, 1.54) is 16.4 Å². The molecule has 1 aromatic rings. The zero-order valence-electron chi connectivity index (χ0n) is 16.3. The van der Waals surface area contributed by atoms with Crippen LogP contribution >= 0.6 is 0 Å². The zero-order chi connectivity index (χ0) is 20.1. The van der Waals surface area contributed by atoms with Crippen LogP contribution in [0.4, 0.5) is 0 Å². The van der Waals surface area contributed by atoms with Gasteiger partial charge < -0.3 is 9.64 Å². The van der Waals surface area contributed by atoms with E-state index in [0.29, 0.717) is 38.3 Å². The number of nitrogens with zero attached hydrogens (tertiary/aromatic N) is 2. The van der Waals surface area contributed by atoms with Gasteiger partial charge in [0.1, 0.15) is 0 Å². The van der Waals surface area contributed by atoms with Crippen molar-refractivity contribution in [1.29, 1.82) is 0 Å². The van der Waals surface area contributed by atoms with Crippen LogP contribution in [0.25, 0.3) is 0 Å². The SMILES string of the molecule is CCOC(=O)[C@@H]1CCCN(C(=O)c2ccc(S(=O)(=O)N3CCCCC3)cc2)C1. The third kappa shape index (κ3) is 4.55. The second-order valence-electron chi connectivity index (χ2n) is 7.33. The first-order valence-electron chi connectivity index (χ1n) is 9.99. The van der Waals surface area contributed by atoms with E-state index in [9.17, 15) is 18.0 Å². The second-order valence-corrected chi connectivity index (χ2v) is 9.27. The fourth-order valence-corrected chi connectivity index (χ4v) is 5.34. The molecule has 28 heavy (non-hydrogen) atoms. The molecule has 0 spiro atoms. The third-order valence-corrected chi connectivity index (χ3v) is 7.30. The van der Waals surface area contributed by atoms with E-state index in [4.69, 9.17) is 4.74 Å². The van der Waals surface area contributed by atoms with Gasteiger partial charge in [0.2, 0.25) is 10.0 Å². The van der Waals surface area contributed by atoms with Crippen molar-refractivity contribution in [3.63, 3.8) is 0 Å². The van der Waals surface area contributed by atoms with Gasteiger partial charge >= 0.3 is 5.97 Å². The summed E-state index contributed by atoms with van der Waals surface area (Å²) in [6.07, 6.45) is 4.28. The van der Waals surface area contributed by atoms with Crippen molar-refractivity contribution in [1.82, 2.24) is 9.21 Å². The van der Waals surface area contributed by atoms with Gasteiger partial charge in [-0.1, -0.05) is 6.42 Å². The summed E-state index contributed by atoms with van der Waals surface area (Å²) < 4.78 is 32.1. The Hall–Kier alpha value is -1.93. The third-order valence-electron chi connectivity index (χ3n) is 5.38. The predicted octanol–water partition coefficient (Wildman–Crippen LogP) is 2.28. The van der Waals surface area contributed by atoms with E-state index < -0.39 is 10.0 Å². The van der Waals surface area contributed by atoms with Gasteiger partial charge in [-0.15, -0.1) is 0 Å². The number of amides is 1. The normalized spacial score (nSPS) is 21.3. The van der Waals surface area contributed by atoms with Crippen LogP contribution in [-0.2, 0) is 19.6 Å². The Morgan fingerprint density at radius 3 is 2.36 bits per heavy atom. The number of carbonyl (C=O) groups is 2. The molecule has 0 radical (unpaired) electrons. The molecule has 2 aliphatic heterocycles. The number of hydrogen-bond donors (Lipinski definition) is 0. The molecule has 0 N–H and O–H groups in total. The second kappa shape index (κ2) is 9.05. The lowest BCUT2D eigenvalue weighted by atomic mass is 9.97. The minimum atomic E-state index is -3.51. The molecular weight excluding hydrogens is 380 g/mol. The van der Waals surface area contributed by atoms with Gasteiger partial charge in [-0.25, -0.2) is 8.42 Å². The summed E-state index contributed by atoms with van der Waals surface area (Å²) >= 11 is 0. The summed E-state index contributed by atoms with van der Waals surface area (Å²) in [5.41, 5.74) is 0.433. The van der Waals surface area contributed by atoms with Crippen molar-refractivity contribution in [2.45, 2.75) is 43.9 Å². The standard InChI is InChI=1S/C20H28N2O5S/c1-2-27-20(24)17-7-6-12-21(15-17)19(23)16-8-10-18(11-9-16)28(25,26)22-13-4-3-5-14-22/h8-11,17H,2-7,12-15H2,1H3/t17-/m1/s1. The topological polar surface area (TPSA) is 84.0 Å². The first-order chi connectivity index (χ1) is 13.4. The maximum atomic E-state index is 12.8. The van der Waals surface area contributed by atoms with Crippen molar-refractivity contribution in [3.05, 3.63) is 29.8 Å². The summed E-state index contributed by atoms with van der Waals surface area (Å²) in [7, 11) is -3.51. The van der Waals surface area contributed by atoms with Crippen LogP contribution in [-0.4, -0.2) is 62.3 Å². The van der Waals surface area contributed by atoms with Gasteiger partial charge in [0.15, 0.2) is 0 Å². The lowest BCUT2D eigenvalue weighted by molar-refractivity contribution is -0.149. The number of piperidine rings is 2. The number of sulfonamides is 1. The fraction of sp³-hybridized carbons (Fsp3) is 0.600. The minimum Gasteiger partial charge on any atom is -0.466 e. The molecule has 2 aliphatic rings. The summed E-state index contributed by atoms with van der Waals surface area (Å²) in [4.78, 5) is 26.6. The Kier molecular flexibility index (Phi) is 6.72. The van der Waals surface area contributed by atoms with E-state index in [0.717, 1.165) is 32.1 Å². The number of carbonyl (C=O) groups excluding carboxylic acids is 2. The summed E-state index contributed by atoms with van der Waals surface area (Å²) in [6.45, 7) is 4.12. The lowest BCUT2D eigenvalue weighted by Crippen LogP contribution is -2.42. The zero-order valence-corrected chi connectivity index (χ0v) is 17.1. The molecule has 0 unspecified atom stereocenters. The maximum Gasteiger partial charge on any atom is 0.310 e. The van der Waals surface area contributed by atoms with Crippen LogP contribution in [0.1, 0.15) is 49.4 Å². The molecule has 2 saturated heterocycles. The van der Waals surface area contributed by atoms with E-state index in [2.05, 4.69) is 0 Å². The summed E-state index contributed by atoms with van der Waals surface area (Å²) in [6, 6.07) is 6.13. The van der Waals surface area contributed by atoms with Gasteiger partial charge in [-0.2, -0.15) is 4.31 Å². The van der Waals surface area contributed by atoms with Crippen molar-refractivity contribution in [2.24, 2.45) is 5.92 Å². The Morgan fingerprint density at radius 2 is 1.71 bits per heavy atom. The molecule has 2 fully saturated rings. The fourth-order valence-electron chi connectivity index (χ4n) is 3.82. The van der Waals surface area contributed by atoms with Crippen molar-refractivity contribution in [2.75, 3.05) is 32.8 Å². The van der Waals surface area contributed by atoms with E-state index in [1.54, 1.807) is 24.0 Å². The predicted molar refractivity (Wildman–Crippen MR) is 104 cm³/mol. The van der Waals surface area contributed by atoms with Crippen LogP contribution in [0.3, 0.4) is 0 Å². The molecule has 8 heteroatoms. The number of benzene rings is 1. The summed E-state index contributed by atoms with van der Waals surface area (Å²) in [5.74, 6) is -0.740. The molecule has 0 aliphatic carbocycles. The van der Waals surface area contributed by atoms with Crippen LogP contribution in [0, 0.1) is 5.92 Å². The molecule has 2 heterocycles. The first kappa shape index (κ1) is 20.8. The van der Waals surface area contributed by atoms with Crippen molar-refractivity contribution >= 4 is 21.9 Å². The Bertz CT molecular complexity index is 800. The molecule has 1 amide bonds. The molecule has 1 aromatic carbocycles. The van der Waals surface area contributed by atoms with E-state index in [-0.39, 0.29) is 22.7 Å². The number of likely N-dealkylation sites (tertiary alicyclic amines) is 1. The molecule has 0 bridgehead atoms. The van der Waals surface area contributed by atoms with Gasteiger partial charge in [0.05, 0.1) is 17.4 Å². The van der Waals surface area contributed by atoms with Crippen LogP contribution < -0.4 is 0 Å². The minimum absolute atomic E-state index is 0.184. The average molecular weight is 409 g/mol. The molecule has 0 saturated carbocycles. The van der Waals surface area contributed by atoms with Crippen LogP contribution in [0.2, 0.25) is 0 Å². The Labute approximate surface area is 166 Å². The van der Waals surface area contributed by atoms with E-state index in [1.807, 2.05) is 0 Å². The van der Waals surface area contributed by atoms with Crippen molar-refractivity contribution < 1.29 is 22.7 Å². The van der Waals surface area contributed by atoms with E-state index >= 15 is 0 Å². The van der Waals surface area contributed by atoms with Gasteiger partial charge in [0.25, 0.3) is 5.91 Å². The highest BCUT2D eigenvalue weighted by Crippen LogP contribution is 2.23. The van der Waals surface area contributed by atoms with Gasteiger partial charge in [-0.05, 0) is 56.9 Å². The highest BCUT2D eigenvalue weighted by atomic mass is 32.2. The number of hydrogen-bond acceptors (Lipinski definition) is 5. The highest BCUT2D eigenvalue weighted by molar-refractivity contribution is 7.89. The summed E-state index contributed by atoms with van der Waals surface area (Å²) in [5, 5.41) is 0. The Balaban J connectivity index is 1.69. The molecule has 7 nitrogen and oxygen atoms in total. The molecule has 154 valence electrons. The largest absolute Gasteiger partial charge is 0.466 e. The number of rotatable bonds is 5. The number of esters is 1. The monoisotopic (exact) mass is 408 g/mol. The van der Waals surface area contributed by atoms with Crippen molar-refractivity contribution in [3.8, 4) is 0 Å². The van der Waals surface area contributed by atoms with Gasteiger partial charge in [-0.3, -0.25) is 9.59 Å². The quantitative estimate of drug-likeness (QED) is 0.698. The highest BCUT2D eigenvalue weighted by Gasteiger charge is 2.30. The van der Waals surface area contributed by atoms with Crippen LogP contribution in [0.5, 0.6) is 0 Å². The molecule has 1 atom stereocenters. The van der Waals surface area contributed by atoms with Gasteiger partial charge in [0, 0.05) is 31.7 Å².